The van der Waals surface area contributed by atoms with Gasteiger partial charge in [0.25, 0.3) is 5.91 Å². The van der Waals surface area contributed by atoms with Crippen LogP contribution in [0.15, 0.2) is 82.1 Å². The fourth-order valence-electron chi connectivity index (χ4n) is 3.25. The molecule has 3 aromatic carbocycles. The van der Waals surface area contributed by atoms with E-state index in [1.54, 1.807) is 48.2 Å². The van der Waals surface area contributed by atoms with Crippen molar-refractivity contribution in [1.29, 1.82) is 0 Å². The van der Waals surface area contributed by atoms with Crippen LogP contribution in [-0.2, 0) is 5.75 Å². The van der Waals surface area contributed by atoms with E-state index in [2.05, 4.69) is 41.5 Å². The van der Waals surface area contributed by atoms with E-state index in [9.17, 15) is 9.59 Å². The van der Waals surface area contributed by atoms with Crippen molar-refractivity contribution in [3.8, 4) is 11.5 Å². The Hall–Kier alpha value is -3.64. The van der Waals surface area contributed by atoms with Crippen molar-refractivity contribution >= 4 is 29.1 Å². The average Bonchev–Trinajstić information content (AvgIpc) is 3.19. The van der Waals surface area contributed by atoms with Crippen molar-refractivity contribution in [3.05, 3.63) is 101 Å². The van der Waals surface area contributed by atoms with E-state index in [0.717, 1.165) is 22.8 Å². The Morgan fingerprint density at radius 3 is 2.36 bits per heavy atom. The molecule has 0 radical (unpaired) electrons. The van der Waals surface area contributed by atoms with Crippen LogP contribution < -0.4 is 5.32 Å². The number of hydrogen-bond acceptors (Lipinski definition) is 5. The van der Waals surface area contributed by atoms with Crippen LogP contribution in [0.25, 0.3) is 11.5 Å². The second-order valence-corrected chi connectivity index (χ2v) is 8.84. The zero-order valence-electron chi connectivity index (χ0n) is 18.7. The number of anilines is 1. The first-order valence-electron chi connectivity index (χ1n) is 10.6. The van der Waals surface area contributed by atoms with Crippen LogP contribution in [0.3, 0.4) is 0 Å². The van der Waals surface area contributed by atoms with E-state index < -0.39 is 0 Å². The summed E-state index contributed by atoms with van der Waals surface area (Å²) >= 11 is 1.72. The zero-order chi connectivity index (χ0) is 23.4. The van der Waals surface area contributed by atoms with E-state index in [-0.39, 0.29) is 11.7 Å². The summed E-state index contributed by atoms with van der Waals surface area (Å²) in [5.74, 6) is 1.75. The summed E-state index contributed by atoms with van der Waals surface area (Å²) < 4.78 is 5.88. The molecule has 4 rings (SSSR count). The van der Waals surface area contributed by atoms with Gasteiger partial charge >= 0.3 is 0 Å². The monoisotopic (exact) mass is 456 g/mol. The SMILES string of the molecule is CC(=O)c1cccc(NC(=O)c2ccc(-c3nc(CSc4ccc(C)cc4)c(C)o3)cc2)c1. The van der Waals surface area contributed by atoms with Crippen LogP contribution in [0.1, 0.15) is 44.7 Å². The number of rotatable bonds is 7. The first-order chi connectivity index (χ1) is 15.9. The number of hydrogen-bond donors (Lipinski definition) is 1. The lowest BCUT2D eigenvalue weighted by Gasteiger charge is -2.07. The predicted molar refractivity (Wildman–Crippen MR) is 132 cm³/mol. The molecule has 1 N–H and O–H groups in total. The molecule has 0 aliphatic rings. The lowest BCUT2D eigenvalue weighted by molar-refractivity contribution is 0.101. The maximum Gasteiger partial charge on any atom is 0.255 e. The first kappa shape index (κ1) is 22.6. The second kappa shape index (κ2) is 9.88. The Bertz CT molecular complexity index is 1290. The molecular formula is C27H24N2O3S. The molecule has 166 valence electrons. The minimum atomic E-state index is -0.249. The molecule has 33 heavy (non-hydrogen) atoms. The third-order valence-corrected chi connectivity index (χ3v) is 6.23. The summed E-state index contributed by atoms with van der Waals surface area (Å²) in [4.78, 5) is 30.0. The molecule has 0 spiro atoms. The van der Waals surface area contributed by atoms with Gasteiger partial charge in [0, 0.05) is 33.0 Å². The van der Waals surface area contributed by atoms with E-state index in [1.165, 1.54) is 17.4 Å². The highest BCUT2D eigenvalue weighted by Gasteiger charge is 2.13. The number of amides is 1. The second-order valence-electron chi connectivity index (χ2n) is 7.79. The number of ketones is 1. The summed E-state index contributed by atoms with van der Waals surface area (Å²) in [7, 11) is 0. The highest BCUT2D eigenvalue weighted by Crippen LogP contribution is 2.28. The fraction of sp³-hybridized carbons (Fsp3) is 0.148. The smallest absolute Gasteiger partial charge is 0.255 e. The molecule has 1 amide bonds. The number of aryl methyl sites for hydroxylation is 2. The third kappa shape index (κ3) is 5.59. The molecule has 0 aliphatic carbocycles. The Labute approximate surface area is 197 Å². The van der Waals surface area contributed by atoms with Crippen LogP contribution in [0, 0.1) is 13.8 Å². The molecule has 0 aliphatic heterocycles. The van der Waals surface area contributed by atoms with Gasteiger partial charge in [-0.1, -0.05) is 29.8 Å². The number of carbonyl (C=O) groups is 2. The quantitative estimate of drug-likeness (QED) is 0.247. The number of oxazole rings is 1. The minimum Gasteiger partial charge on any atom is -0.441 e. The largest absolute Gasteiger partial charge is 0.441 e. The number of nitrogens with one attached hydrogen (secondary N) is 1. The van der Waals surface area contributed by atoms with E-state index in [0.29, 0.717) is 22.7 Å². The van der Waals surface area contributed by atoms with Gasteiger partial charge in [0.05, 0.1) is 5.69 Å². The van der Waals surface area contributed by atoms with Gasteiger partial charge in [-0.25, -0.2) is 4.98 Å². The van der Waals surface area contributed by atoms with E-state index >= 15 is 0 Å². The van der Waals surface area contributed by atoms with Gasteiger partial charge in [-0.3, -0.25) is 9.59 Å². The number of thioether (sulfide) groups is 1. The standard InChI is InChI=1S/C27H24N2O3S/c1-17-7-13-24(14-8-17)33-16-25-19(3)32-27(29-25)21-11-9-20(10-12-21)26(31)28-23-6-4-5-22(15-23)18(2)30/h4-15H,16H2,1-3H3,(H,28,31). The topological polar surface area (TPSA) is 72.2 Å². The summed E-state index contributed by atoms with van der Waals surface area (Å²) in [6, 6.07) is 22.4. The predicted octanol–water partition coefficient (Wildman–Crippen LogP) is 6.71. The minimum absolute atomic E-state index is 0.0478. The molecule has 1 heterocycles. The van der Waals surface area contributed by atoms with Crippen molar-refractivity contribution < 1.29 is 14.0 Å². The average molecular weight is 457 g/mol. The molecular weight excluding hydrogens is 432 g/mol. The maximum absolute atomic E-state index is 12.6. The Morgan fingerprint density at radius 2 is 1.67 bits per heavy atom. The molecule has 0 unspecified atom stereocenters. The van der Waals surface area contributed by atoms with Gasteiger partial charge in [-0.05, 0) is 69.3 Å². The summed E-state index contributed by atoms with van der Waals surface area (Å²) in [6.45, 7) is 5.48. The van der Waals surface area contributed by atoms with Crippen LogP contribution in [0.4, 0.5) is 5.69 Å². The van der Waals surface area contributed by atoms with Crippen molar-refractivity contribution in [2.45, 2.75) is 31.4 Å². The summed E-state index contributed by atoms with van der Waals surface area (Å²) in [5.41, 5.74) is 4.59. The Morgan fingerprint density at radius 1 is 0.939 bits per heavy atom. The van der Waals surface area contributed by atoms with Crippen LogP contribution in [0.5, 0.6) is 0 Å². The van der Waals surface area contributed by atoms with Crippen LogP contribution in [0.2, 0.25) is 0 Å². The number of benzene rings is 3. The highest BCUT2D eigenvalue weighted by atomic mass is 32.2. The van der Waals surface area contributed by atoms with Gasteiger partial charge in [0.1, 0.15) is 5.76 Å². The van der Waals surface area contributed by atoms with Crippen molar-refractivity contribution in [1.82, 2.24) is 4.98 Å². The Balaban J connectivity index is 1.43. The molecule has 0 fully saturated rings. The normalized spacial score (nSPS) is 10.8. The lowest BCUT2D eigenvalue weighted by Crippen LogP contribution is -2.12. The van der Waals surface area contributed by atoms with E-state index in [1.807, 2.05) is 19.1 Å². The molecule has 5 nitrogen and oxygen atoms in total. The maximum atomic E-state index is 12.6. The molecule has 0 atom stereocenters. The van der Waals surface area contributed by atoms with Gasteiger partial charge in [0.2, 0.25) is 5.89 Å². The molecule has 0 saturated heterocycles. The molecule has 1 aromatic heterocycles. The number of aromatic nitrogens is 1. The first-order valence-corrected chi connectivity index (χ1v) is 11.6. The summed E-state index contributed by atoms with van der Waals surface area (Å²) in [6.07, 6.45) is 0. The van der Waals surface area contributed by atoms with Gasteiger partial charge in [-0.15, -0.1) is 11.8 Å². The number of carbonyl (C=O) groups excluding carboxylic acids is 2. The summed E-state index contributed by atoms with van der Waals surface area (Å²) in [5, 5.41) is 2.83. The van der Waals surface area contributed by atoms with Crippen molar-refractivity contribution in [2.75, 3.05) is 5.32 Å². The molecule has 0 saturated carbocycles. The highest BCUT2D eigenvalue weighted by molar-refractivity contribution is 7.98. The van der Waals surface area contributed by atoms with Gasteiger partial charge in [0.15, 0.2) is 5.78 Å². The van der Waals surface area contributed by atoms with Crippen LogP contribution >= 0.6 is 11.8 Å². The van der Waals surface area contributed by atoms with Crippen molar-refractivity contribution in [3.63, 3.8) is 0 Å². The van der Waals surface area contributed by atoms with Gasteiger partial charge in [-0.2, -0.15) is 0 Å². The molecule has 0 bridgehead atoms. The van der Waals surface area contributed by atoms with Crippen molar-refractivity contribution in [2.24, 2.45) is 0 Å². The van der Waals surface area contributed by atoms with Gasteiger partial charge < -0.3 is 9.73 Å². The molecule has 6 heteroatoms. The van der Waals surface area contributed by atoms with E-state index in [4.69, 9.17) is 4.42 Å². The number of nitrogens with zero attached hydrogens (tertiary/aromatic N) is 1. The fourth-order valence-corrected chi connectivity index (χ4v) is 4.15. The third-order valence-electron chi connectivity index (χ3n) is 5.21. The zero-order valence-corrected chi connectivity index (χ0v) is 19.5. The molecule has 4 aromatic rings. The lowest BCUT2D eigenvalue weighted by atomic mass is 10.1. The number of Topliss-reactive ketones (excluding diaryl/α,β-unsaturated/α-hetero) is 1. The van der Waals surface area contributed by atoms with Crippen LogP contribution in [-0.4, -0.2) is 16.7 Å². The Kier molecular flexibility index (Phi) is 6.75.